The number of carbonyl (C=O) groups excluding carboxylic acids is 2. The van der Waals surface area contributed by atoms with Gasteiger partial charge in [0, 0.05) is 0 Å². The van der Waals surface area contributed by atoms with Gasteiger partial charge in [-0.25, -0.2) is 4.79 Å². The Bertz CT molecular complexity index is 710. The molecule has 0 aliphatic carbocycles. The van der Waals surface area contributed by atoms with Gasteiger partial charge in [0.2, 0.25) is 0 Å². The van der Waals surface area contributed by atoms with E-state index >= 15 is 0 Å². The van der Waals surface area contributed by atoms with E-state index in [2.05, 4.69) is 17.2 Å². The molecule has 22 heavy (non-hydrogen) atoms. The maximum absolute atomic E-state index is 11.5. The molecule has 0 unspecified atom stereocenters. The fraction of sp³-hybridized carbons (Fsp3) is 0.176. The zero-order chi connectivity index (χ0) is 15.8. The Morgan fingerprint density at radius 1 is 1.36 bits per heavy atom. The average Bonchev–Trinajstić information content (AvgIpc) is 2.91. The number of carbonyl (C=O) groups is 2. The molecule has 0 fully saturated rings. The molecule has 4 nitrogen and oxygen atoms in total. The van der Waals surface area contributed by atoms with E-state index in [-0.39, 0.29) is 13.2 Å². The third-order valence-electron chi connectivity index (χ3n) is 2.79. The first kappa shape index (κ1) is 15.8. The third kappa shape index (κ3) is 4.76. The molecular weight excluding hydrogens is 298 g/mol. The highest BCUT2D eigenvalue weighted by atomic mass is 32.1. The van der Waals surface area contributed by atoms with Crippen molar-refractivity contribution >= 4 is 23.7 Å². The molecule has 2 aromatic rings. The summed E-state index contributed by atoms with van der Waals surface area (Å²) >= 11 is 1.34. The summed E-state index contributed by atoms with van der Waals surface area (Å²) < 4.78 is 5.06. The van der Waals surface area contributed by atoms with Gasteiger partial charge in [-0.1, -0.05) is 42.2 Å². The molecule has 0 atom stereocenters. The molecule has 0 aliphatic heterocycles. The zero-order valence-corrected chi connectivity index (χ0v) is 12.9. The van der Waals surface area contributed by atoms with Crippen LogP contribution in [0.5, 0.6) is 0 Å². The monoisotopic (exact) mass is 313 g/mol. The number of benzene rings is 1. The van der Waals surface area contributed by atoms with Crippen LogP contribution in [0.4, 0.5) is 4.79 Å². The number of aldehydes is 1. The van der Waals surface area contributed by atoms with Crippen molar-refractivity contribution in [1.82, 2.24) is 5.32 Å². The molecule has 0 aliphatic rings. The molecule has 1 aromatic carbocycles. The normalized spacial score (nSPS) is 9.50. The van der Waals surface area contributed by atoms with Crippen LogP contribution in [0.1, 0.15) is 25.7 Å². The molecule has 1 N–H and O–H groups in total. The van der Waals surface area contributed by atoms with E-state index in [1.807, 2.05) is 37.3 Å². The summed E-state index contributed by atoms with van der Waals surface area (Å²) in [6.45, 7) is 2.32. The van der Waals surface area contributed by atoms with E-state index in [4.69, 9.17) is 4.74 Å². The minimum Gasteiger partial charge on any atom is -0.445 e. The van der Waals surface area contributed by atoms with Gasteiger partial charge < -0.3 is 10.1 Å². The van der Waals surface area contributed by atoms with Gasteiger partial charge in [-0.3, -0.25) is 4.79 Å². The van der Waals surface area contributed by atoms with Crippen LogP contribution < -0.4 is 5.32 Å². The largest absolute Gasteiger partial charge is 0.445 e. The van der Waals surface area contributed by atoms with Crippen LogP contribution in [0.2, 0.25) is 0 Å². The molecule has 1 aromatic heterocycles. The summed E-state index contributed by atoms with van der Waals surface area (Å²) in [7, 11) is 0. The van der Waals surface area contributed by atoms with Crippen molar-refractivity contribution in [3.63, 3.8) is 0 Å². The molecule has 112 valence electrons. The molecule has 0 bridgehead atoms. The second-order valence-corrected chi connectivity index (χ2v) is 5.58. The summed E-state index contributed by atoms with van der Waals surface area (Å²) in [6, 6.07) is 11.2. The Morgan fingerprint density at radius 2 is 2.14 bits per heavy atom. The predicted octanol–water partition coefficient (Wildman–Crippen LogP) is 3.15. The van der Waals surface area contributed by atoms with Crippen molar-refractivity contribution in [3.8, 4) is 11.8 Å². The highest BCUT2D eigenvalue weighted by molar-refractivity contribution is 7.14. The quantitative estimate of drug-likeness (QED) is 0.697. The second-order valence-electron chi connectivity index (χ2n) is 4.50. The fourth-order valence-corrected chi connectivity index (χ4v) is 2.57. The van der Waals surface area contributed by atoms with E-state index in [0.717, 1.165) is 22.3 Å². The number of hydrogen-bond donors (Lipinski definition) is 1. The van der Waals surface area contributed by atoms with Crippen molar-refractivity contribution in [2.45, 2.75) is 13.5 Å². The standard InChI is InChI=1S/C17H15NO3S/c1-13-10-15(11-19)22-16(13)8-5-9-18-17(20)21-12-14-6-3-2-4-7-14/h2-4,6-7,10-11H,9,12H2,1H3,(H,18,20). The number of hydrogen-bond acceptors (Lipinski definition) is 4. The van der Waals surface area contributed by atoms with Crippen LogP contribution in [0.3, 0.4) is 0 Å². The Hall–Kier alpha value is -2.58. The van der Waals surface area contributed by atoms with Crippen LogP contribution >= 0.6 is 11.3 Å². The molecule has 0 spiro atoms. The van der Waals surface area contributed by atoms with Crippen LogP contribution in [-0.4, -0.2) is 18.9 Å². The number of rotatable bonds is 4. The molecule has 0 saturated carbocycles. The number of aryl methyl sites for hydroxylation is 1. The molecular formula is C17H15NO3S. The maximum atomic E-state index is 11.5. The Morgan fingerprint density at radius 3 is 2.82 bits per heavy atom. The van der Waals surface area contributed by atoms with E-state index in [0.29, 0.717) is 4.88 Å². The smallest absolute Gasteiger partial charge is 0.408 e. The number of thiophene rings is 1. The van der Waals surface area contributed by atoms with Crippen LogP contribution in [0.25, 0.3) is 0 Å². The average molecular weight is 313 g/mol. The first-order valence-electron chi connectivity index (χ1n) is 6.68. The van der Waals surface area contributed by atoms with Crippen molar-refractivity contribution < 1.29 is 14.3 Å². The topological polar surface area (TPSA) is 55.4 Å². The number of ether oxygens (including phenoxy) is 1. The summed E-state index contributed by atoms with van der Waals surface area (Å²) in [4.78, 5) is 23.7. The lowest BCUT2D eigenvalue weighted by Crippen LogP contribution is -2.24. The number of alkyl carbamates (subject to hydrolysis) is 1. The predicted molar refractivity (Wildman–Crippen MR) is 86.0 cm³/mol. The molecule has 0 radical (unpaired) electrons. The van der Waals surface area contributed by atoms with Crippen LogP contribution in [0, 0.1) is 18.8 Å². The fourth-order valence-electron chi connectivity index (χ4n) is 1.70. The van der Waals surface area contributed by atoms with E-state index < -0.39 is 6.09 Å². The minimum absolute atomic E-state index is 0.196. The van der Waals surface area contributed by atoms with E-state index in [9.17, 15) is 9.59 Å². The minimum atomic E-state index is -0.505. The SMILES string of the molecule is Cc1cc(C=O)sc1C#CCNC(=O)OCc1ccccc1. The van der Waals surface area contributed by atoms with Gasteiger partial charge in [0.05, 0.1) is 16.3 Å². The summed E-state index contributed by atoms with van der Waals surface area (Å²) in [5.74, 6) is 5.78. The lowest BCUT2D eigenvalue weighted by Gasteiger charge is -2.04. The van der Waals surface area contributed by atoms with Gasteiger partial charge in [0.1, 0.15) is 6.61 Å². The molecule has 1 amide bonds. The van der Waals surface area contributed by atoms with Gasteiger partial charge in [0.15, 0.2) is 6.29 Å². The molecule has 0 saturated heterocycles. The van der Waals surface area contributed by atoms with Crippen molar-refractivity contribution in [1.29, 1.82) is 0 Å². The van der Waals surface area contributed by atoms with Crippen molar-refractivity contribution in [2.75, 3.05) is 6.54 Å². The summed E-state index contributed by atoms with van der Waals surface area (Å²) in [5, 5.41) is 2.56. The molecule has 2 rings (SSSR count). The van der Waals surface area contributed by atoms with Gasteiger partial charge in [-0.05, 0) is 24.1 Å². The second kappa shape index (κ2) is 8.01. The van der Waals surface area contributed by atoms with Crippen molar-refractivity contribution in [3.05, 3.63) is 57.3 Å². The highest BCUT2D eigenvalue weighted by Gasteiger charge is 2.02. The first-order chi connectivity index (χ1) is 10.7. The van der Waals surface area contributed by atoms with Crippen molar-refractivity contribution in [2.24, 2.45) is 0 Å². The van der Waals surface area contributed by atoms with E-state index in [1.165, 1.54) is 11.3 Å². The van der Waals surface area contributed by atoms with Gasteiger partial charge in [0.25, 0.3) is 0 Å². The van der Waals surface area contributed by atoms with Gasteiger partial charge in [-0.2, -0.15) is 0 Å². The number of amides is 1. The zero-order valence-electron chi connectivity index (χ0n) is 12.1. The lowest BCUT2D eigenvalue weighted by molar-refractivity contribution is 0.112. The van der Waals surface area contributed by atoms with E-state index in [1.54, 1.807) is 6.07 Å². The first-order valence-corrected chi connectivity index (χ1v) is 7.49. The molecule has 1 heterocycles. The molecule has 5 heteroatoms. The lowest BCUT2D eigenvalue weighted by atomic mass is 10.2. The number of nitrogens with one attached hydrogen (secondary N) is 1. The van der Waals surface area contributed by atoms with Gasteiger partial charge >= 0.3 is 6.09 Å². The Balaban J connectivity index is 1.76. The van der Waals surface area contributed by atoms with Gasteiger partial charge in [-0.15, -0.1) is 11.3 Å². The summed E-state index contributed by atoms with van der Waals surface area (Å²) in [5.41, 5.74) is 1.89. The van der Waals surface area contributed by atoms with Crippen LogP contribution in [-0.2, 0) is 11.3 Å². The summed E-state index contributed by atoms with van der Waals surface area (Å²) in [6.07, 6.45) is 0.303. The maximum Gasteiger partial charge on any atom is 0.408 e. The Kier molecular flexibility index (Phi) is 5.75. The third-order valence-corrected chi connectivity index (χ3v) is 3.87. The van der Waals surface area contributed by atoms with Crippen LogP contribution in [0.15, 0.2) is 36.4 Å². The highest BCUT2D eigenvalue weighted by Crippen LogP contribution is 2.18. The Labute approximate surface area is 133 Å².